The summed E-state index contributed by atoms with van der Waals surface area (Å²) in [4.78, 5) is 13.8. The van der Waals surface area contributed by atoms with E-state index in [1.807, 2.05) is 35.2 Å². The quantitative estimate of drug-likeness (QED) is 0.863. The van der Waals surface area contributed by atoms with Crippen LogP contribution in [0, 0.1) is 0 Å². The molecule has 19 heavy (non-hydrogen) atoms. The lowest BCUT2D eigenvalue weighted by atomic mass is 10.1. The SMILES string of the molecule is O=C1CNC(c2ccccc2)N1CC1COCCO1. The largest absolute Gasteiger partial charge is 0.376 e. The normalized spacial score (nSPS) is 27.8. The Balaban J connectivity index is 1.71. The highest BCUT2D eigenvalue weighted by molar-refractivity contribution is 5.81. The number of nitrogens with one attached hydrogen (secondary N) is 1. The molecule has 1 aromatic rings. The van der Waals surface area contributed by atoms with Crippen LogP contribution >= 0.6 is 0 Å². The molecule has 0 aromatic heterocycles. The summed E-state index contributed by atoms with van der Waals surface area (Å²) >= 11 is 0. The Bertz CT molecular complexity index is 432. The summed E-state index contributed by atoms with van der Waals surface area (Å²) in [5.74, 6) is 0.114. The lowest BCUT2D eigenvalue weighted by Crippen LogP contribution is -2.42. The molecule has 2 aliphatic heterocycles. The molecule has 1 aromatic carbocycles. The summed E-state index contributed by atoms with van der Waals surface area (Å²) < 4.78 is 11.0. The van der Waals surface area contributed by atoms with E-state index in [9.17, 15) is 4.79 Å². The van der Waals surface area contributed by atoms with Gasteiger partial charge in [0, 0.05) is 0 Å². The first-order valence-corrected chi connectivity index (χ1v) is 6.62. The third-order valence-corrected chi connectivity index (χ3v) is 3.48. The smallest absolute Gasteiger partial charge is 0.238 e. The molecule has 2 heterocycles. The highest BCUT2D eigenvalue weighted by Gasteiger charge is 2.33. The average Bonchev–Trinajstić information content (AvgIpc) is 2.82. The zero-order valence-electron chi connectivity index (χ0n) is 10.7. The first-order chi connectivity index (χ1) is 9.34. The molecule has 1 amide bonds. The Morgan fingerprint density at radius 2 is 2.11 bits per heavy atom. The van der Waals surface area contributed by atoms with Crippen LogP contribution < -0.4 is 5.32 Å². The number of nitrogens with zero attached hydrogens (tertiary/aromatic N) is 1. The van der Waals surface area contributed by atoms with Crippen molar-refractivity contribution >= 4 is 5.91 Å². The maximum atomic E-state index is 12.0. The standard InChI is InChI=1S/C14H18N2O3/c17-13-8-15-14(11-4-2-1-3-5-11)16(13)9-12-10-18-6-7-19-12/h1-5,12,14-15H,6-10H2. The number of hydrogen-bond acceptors (Lipinski definition) is 4. The molecule has 1 N–H and O–H groups in total. The van der Waals surface area contributed by atoms with Gasteiger partial charge in [-0.1, -0.05) is 30.3 Å². The van der Waals surface area contributed by atoms with E-state index >= 15 is 0 Å². The zero-order chi connectivity index (χ0) is 13.1. The maximum absolute atomic E-state index is 12.0. The van der Waals surface area contributed by atoms with Gasteiger partial charge in [-0.3, -0.25) is 10.1 Å². The van der Waals surface area contributed by atoms with Crippen molar-refractivity contribution in [3.63, 3.8) is 0 Å². The minimum Gasteiger partial charge on any atom is -0.376 e. The van der Waals surface area contributed by atoms with E-state index in [0.717, 1.165) is 5.56 Å². The number of carbonyl (C=O) groups excluding carboxylic acids is 1. The zero-order valence-corrected chi connectivity index (χ0v) is 10.7. The average molecular weight is 262 g/mol. The fourth-order valence-corrected chi connectivity index (χ4v) is 2.54. The van der Waals surface area contributed by atoms with E-state index in [4.69, 9.17) is 9.47 Å². The van der Waals surface area contributed by atoms with Gasteiger partial charge >= 0.3 is 0 Å². The maximum Gasteiger partial charge on any atom is 0.238 e. The van der Waals surface area contributed by atoms with E-state index in [1.54, 1.807) is 0 Å². The lowest BCUT2D eigenvalue weighted by molar-refractivity contribution is -0.135. The monoisotopic (exact) mass is 262 g/mol. The van der Waals surface area contributed by atoms with Crippen LogP contribution in [-0.4, -0.2) is 49.8 Å². The van der Waals surface area contributed by atoms with Gasteiger partial charge in [0.1, 0.15) is 6.17 Å². The van der Waals surface area contributed by atoms with Crippen molar-refractivity contribution in [2.75, 3.05) is 32.9 Å². The molecule has 0 saturated carbocycles. The molecular weight excluding hydrogens is 244 g/mol. The second-order valence-electron chi connectivity index (χ2n) is 4.81. The van der Waals surface area contributed by atoms with Crippen molar-refractivity contribution in [2.24, 2.45) is 0 Å². The molecule has 0 radical (unpaired) electrons. The van der Waals surface area contributed by atoms with E-state index in [0.29, 0.717) is 32.9 Å². The van der Waals surface area contributed by atoms with Crippen molar-refractivity contribution < 1.29 is 14.3 Å². The fourth-order valence-electron chi connectivity index (χ4n) is 2.54. The highest BCUT2D eigenvalue weighted by Crippen LogP contribution is 2.23. The summed E-state index contributed by atoms with van der Waals surface area (Å²) in [5, 5.41) is 3.24. The van der Waals surface area contributed by atoms with E-state index in [-0.39, 0.29) is 18.2 Å². The second-order valence-corrected chi connectivity index (χ2v) is 4.81. The van der Waals surface area contributed by atoms with Crippen LogP contribution in [0.2, 0.25) is 0 Å². The Morgan fingerprint density at radius 1 is 1.26 bits per heavy atom. The van der Waals surface area contributed by atoms with E-state index < -0.39 is 0 Å². The highest BCUT2D eigenvalue weighted by atomic mass is 16.6. The fraction of sp³-hybridized carbons (Fsp3) is 0.500. The molecule has 5 nitrogen and oxygen atoms in total. The third-order valence-electron chi connectivity index (χ3n) is 3.48. The molecular formula is C14H18N2O3. The van der Waals surface area contributed by atoms with Gasteiger partial charge in [-0.25, -0.2) is 0 Å². The third kappa shape index (κ3) is 2.78. The molecule has 2 unspecified atom stereocenters. The van der Waals surface area contributed by atoms with Crippen LogP contribution in [-0.2, 0) is 14.3 Å². The number of carbonyl (C=O) groups is 1. The van der Waals surface area contributed by atoms with E-state index in [1.165, 1.54) is 0 Å². The van der Waals surface area contributed by atoms with Crippen LogP contribution in [0.15, 0.2) is 30.3 Å². The summed E-state index contributed by atoms with van der Waals surface area (Å²) in [6, 6.07) is 10.0. The molecule has 2 fully saturated rings. The van der Waals surface area contributed by atoms with Crippen molar-refractivity contribution in [3.8, 4) is 0 Å². The van der Waals surface area contributed by atoms with Crippen molar-refractivity contribution in [2.45, 2.75) is 12.3 Å². The van der Waals surface area contributed by atoms with Crippen molar-refractivity contribution in [1.29, 1.82) is 0 Å². The Kier molecular flexibility index (Phi) is 3.77. The molecule has 2 atom stereocenters. The molecule has 2 aliphatic rings. The molecule has 102 valence electrons. The minimum atomic E-state index is -0.0563. The molecule has 2 saturated heterocycles. The van der Waals surface area contributed by atoms with Gasteiger partial charge in [-0.05, 0) is 5.56 Å². The van der Waals surface area contributed by atoms with E-state index in [2.05, 4.69) is 5.32 Å². The molecule has 0 bridgehead atoms. The van der Waals surface area contributed by atoms with Crippen LogP contribution in [0.25, 0.3) is 0 Å². The first kappa shape index (κ1) is 12.6. The molecule has 0 spiro atoms. The van der Waals surface area contributed by atoms with Gasteiger partial charge in [0.05, 0.1) is 39.0 Å². The molecule has 3 rings (SSSR count). The number of amides is 1. The summed E-state index contributed by atoms with van der Waals surface area (Å²) in [5.41, 5.74) is 1.10. The van der Waals surface area contributed by atoms with Crippen LogP contribution in [0.1, 0.15) is 11.7 Å². The topological polar surface area (TPSA) is 50.8 Å². The summed E-state index contributed by atoms with van der Waals surface area (Å²) in [7, 11) is 0. The van der Waals surface area contributed by atoms with Crippen molar-refractivity contribution in [3.05, 3.63) is 35.9 Å². The van der Waals surface area contributed by atoms with Gasteiger partial charge in [0.2, 0.25) is 5.91 Å². The van der Waals surface area contributed by atoms with Gasteiger partial charge in [-0.2, -0.15) is 0 Å². The van der Waals surface area contributed by atoms with Gasteiger partial charge < -0.3 is 14.4 Å². The number of benzene rings is 1. The molecule has 0 aliphatic carbocycles. The number of ether oxygens (including phenoxy) is 2. The number of rotatable bonds is 3. The Morgan fingerprint density at radius 3 is 2.84 bits per heavy atom. The Hall–Kier alpha value is -1.43. The minimum absolute atomic E-state index is 0.0242. The summed E-state index contributed by atoms with van der Waals surface area (Å²) in [6.45, 7) is 2.77. The van der Waals surface area contributed by atoms with Crippen LogP contribution in [0.5, 0.6) is 0 Å². The van der Waals surface area contributed by atoms with Gasteiger partial charge in [-0.15, -0.1) is 0 Å². The van der Waals surface area contributed by atoms with Gasteiger partial charge in [0.25, 0.3) is 0 Å². The van der Waals surface area contributed by atoms with Crippen molar-refractivity contribution in [1.82, 2.24) is 10.2 Å². The predicted octanol–water partition coefficient (Wildman–Crippen LogP) is 0.532. The molecule has 5 heteroatoms. The Labute approximate surface area is 112 Å². The second kappa shape index (κ2) is 5.69. The van der Waals surface area contributed by atoms with Crippen LogP contribution in [0.3, 0.4) is 0 Å². The van der Waals surface area contributed by atoms with Crippen LogP contribution in [0.4, 0.5) is 0 Å². The number of hydrogen-bond donors (Lipinski definition) is 1. The lowest BCUT2D eigenvalue weighted by Gasteiger charge is -2.30. The summed E-state index contributed by atoms with van der Waals surface area (Å²) in [6.07, 6.45) is -0.0805. The first-order valence-electron chi connectivity index (χ1n) is 6.62. The van der Waals surface area contributed by atoms with Gasteiger partial charge in [0.15, 0.2) is 0 Å². The predicted molar refractivity (Wildman–Crippen MR) is 69.5 cm³/mol.